The number of rotatable bonds is 7. The molecule has 2 amide bonds. The van der Waals surface area contributed by atoms with Crippen LogP contribution in [0.15, 0.2) is 66.7 Å². The first-order valence-corrected chi connectivity index (χ1v) is 11.9. The van der Waals surface area contributed by atoms with Crippen molar-refractivity contribution in [1.82, 2.24) is 4.98 Å². The SMILES string of the molecule is COc1cc(-c2cc(C(=O)Nc3ccccc3N3CCCC3=O)c3ccccc3n2)cc(OC)c1OC. The van der Waals surface area contributed by atoms with Crippen molar-refractivity contribution in [1.29, 1.82) is 0 Å². The lowest BCUT2D eigenvalue weighted by atomic mass is 10.0. The molecule has 37 heavy (non-hydrogen) atoms. The van der Waals surface area contributed by atoms with E-state index in [1.54, 1.807) is 44.4 Å². The van der Waals surface area contributed by atoms with Gasteiger partial charge in [-0.15, -0.1) is 0 Å². The van der Waals surface area contributed by atoms with Crippen LogP contribution in [0.2, 0.25) is 0 Å². The summed E-state index contributed by atoms with van der Waals surface area (Å²) in [5.41, 5.74) is 3.68. The molecule has 5 rings (SSSR count). The van der Waals surface area contributed by atoms with Crippen LogP contribution in [0.5, 0.6) is 17.2 Å². The van der Waals surface area contributed by atoms with Crippen LogP contribution in [0.25, 0.3) is 22.2 Å². The van der Waals surface area contributed by atoms with Crippen LogP contribution < -0.4 is 24.4 Å². The van der Waals surface area contributed by atoms with Crippen molar-refractivity contribution in [3.8, 4) is 28.5 Å². The number of methoxy groups -OCH3 is 3. The lowest BCUT2D eigenvalue weighted by Crippen LogP contribution is -2.25. The summed E-state index contributed by atoms with van der Waals surface area (Å²) >= 11 is 0. The van der Waals surface area contributed by atoms with Gasteiger partial charge in [-0.2, -0.15) is 0 Å². The van der Waals surface area contributed by atoms with Gasteiger partial charge in [0.25, 0.3) is 5.91 Å². The molecule has 2 heterocycles. The molecule has 0 atom stereocenters. The summed E-state index contributed by atoms with van der Waals surface area (Å²) < 4.78 is 16.5. The molecule has 0 spiro atoms. The van der Waals surface area contributed by atoms with Gasteiger partial charge in [0, 0.05) is 23.9 Å². The zero-order chi connectivity index (χ0) is 25.9. The van der Waals surface area contributed by atoms with Gasteiger partial charge in [0.15, 0.2) is 11.5 Å². The van der Waals surface area contributed by atoms with Crippen molar-refractivity contribution in [2.75, 3.05) is 38.1 Å². The van der Waals surface area contributed by atoms with Crippen molar-refractivity contribution < 1.29 is 23.8 Å². The minimum absolute atomic E-state index is 0.0562. The van der Waals surface area contributed by atoms with E-state index < -0.39 is 0 Å². The molecule has 4 aromatic rings. The highest BCUT2D eigenvalue weighted by Crippen LogP contribution is 2.41. The molecule has 8 nitrogen and oxygen atoms in total. The summed E-state index contributed by atoms with van der Waals surface area (Å²) in [6.07, 6.45) is 1.31. The maximum atomic E-state index is 13.7. The Kier molecular flexibility index (Phi) is 6.64. The number of nitrogens with zero attached hydrogens (tertiary/aromatic N) is 2. The second kappa shape index (κ2) is 10.2. The van der Waals surface area contributed by atoms with Gasteiger partial charge in [-0.25, -0.2) is 4.98 Å². The predicted molar refractivity (Wildman–Crippen MR) is 143 cm³/mol. The monoisotopic (exact) mass is 497 g/mol. The number of nitrogens with one attached hydrogen (secondary N) is 1. The number of pyridine rings is 1. The second-order valence-electron chi connectivity index (χ2n) is 8.61. The number of anilines is 2. The first-order valence-electron chi connectivity index (χ1n) is 11.9. The smallest absolute Gasteiger partial charge is 0.256 e. The molecule has 0 bridgehead atoms. The summed E-state index contributed by atoms with van der Waals surface area (Å²) in [5, 5.41) is 3.74. The normalized spacial score (nSPS) is 13.1. The fourth-order valence-electron chi connectivity index (χ4n) is 4.65. The topological polar surface area (TPSA) is 90.0 Å². The third kappa shape index (κ3) is 4.53. The quantitative estimate of drug-likeness (QED) is 0.372. The molecule has 3 aromatic carbocycles. The van der Waals surface area contributed by atoms with Crippen LogP contribution in [0.4, 0.5) is 11.4 Å². The van der Waals surface area contributed by atoms with Crippen molar-refractivity contribution in [3.05, 3.63) is 72.3 Å². The van der Waals surface area contributed by atoms with Gasteiger partial charge in [0.2, 0.25) is 11.7 Å². The molecule has 0 aliphatic carbocycles. The van der Waals surface area contributed by atoms with E-state index in [1.165, 1.54) is 0 Å². The van der Waals surface area contributed by atoms with E-state index >= 15 is 0 Å². The maximum absolute atomic E-state index is 13.7. The molecule has 1 N–H and O–H groups in total. The minimum Gasteiger partial charge on any atom is -0.493 e. The van der Waals surface area contributed by atoms with Gasteiger partial charge in [-0.1, -0.05) is 30.3 Å². The predicted octanol–water partition coefficient (Wildman–Crippen LogP) is 5.31. The average Bonchev–Trinajstić information content (AvgIpc) is 3.37. The largest absolute Gasteiger partial charge is 0.493 e. The lowest BCUT2D eigenvalue weighted by Gasteiger charge is -2.20. The molecule has 1 saturated heterocycles. The van der Waals surface area contributed by atoms with Crippen molar-refractivity contribution in [2.24, 2.45) is 0 Å². The number of ether oxygens (including phenoxy) is 3. The average molecular weight is 498 g/mol. The zero-order valence-corrected chi connectivity index (χ0v) is 20.9. The Bertz CT molecular complexity index is 1480. The van der Waals surface area contributed by atoms with E-state index in [-0.39, 0.29) is 11.8 Å². The lowest BCUT2D eigenvalue weighted by molar-refractivity contribution is -0.117. The van der Waals surface area contributed by atoms with Gasteiger partial charge < -0.3 is 24.4 Å². The van der Waals surface area contributed by atoms with Gasteiger partial charge in [-0.05, 0) is 42.8 Å². The summed E-state index contributed by atoms with van der Waals surface area (Å²) in [6, 6.07) is 20.2. The highest BCUT2D eigenvalue weighted by atomic mass is 16.5. The van der Waals surface area contributed by atoms with Crippen LogP contribution in [-0.4, -0.2) is 44.7 Å². The summed E-state index contributed by atoms with van der Waals surface area (Å²) in [4.78, 5) is 32.6. The van der Waals surface area contributed by atoms with Gasteiger partial charge in [0.1, 0.15) is 0 Å². The Hall–Kier alpha value is -4.59. The highest BCUT2D eigenvalue weighted by Gasteiger charge is 2.25. The zero-order valence-electron chi connectivity index (χ0n) is 20.9. The van der Waals surface area contributed by atoms with E-state index in [9.17, 15) is 9.59 Å². The first-order chi connectivity index (χ1) is 18.0. The van der Waals surface area contributed by atoms with E-state index in [0.29, 0.717) is 69.3 Å². The van der Waals surface area contributed by atoms with Crippen molar-refractivity contribution >= 4 is 34.1 Å². The van der Waals surface area contributed by atoms with Crippen LogP contribution in [0.3, 0.4) is 0 Å². The van der Waals surface area contributed by atoms with Gasteiger partial charge in [-0.3, -0.25) is 9.59 Å². The van der Waals surface area contributed by atoms with Gasteiger partial charge >= 0.3 is 0 Å². The Morgan fingerprint density at radius 2 is 1.62 bits per heavy atom. The number of para-hydroxylation sites is 3. The fraction of sp³-hybridized carbons (Fsp3) is 0.207. The summed E-state index contributed by atoms with van der Waals surface area (Å²) in [6.45, 7) is 0.634. The Labute approximate surface area is 214 Å². The Morgan fingerprint density at radius 1 is 0.919 bits per heavy atom. The van der Waals surface area contributed by atoms with Gasteiger partial charge in [0.05, 0.1) is 49.5 Å². The summed E-state index contributed by atoms with van der Waals surface area (Å²) in [5.74, 6) is 1.21. The number of hydrogen-bond donors (Lipinski definition) is 1. The molecule has 1 fully saturated rings. The summed E-state index contributed by atoms with van der Waals surface area (Å²) in [7, 11) is 4.65. The standard InChI is InChI=1S/C29H27N3O5/c1-35-25-15-18(16-26(36-2)28(25)37-3)23-17-20(19-9-4-5-10-21(19)30-23)29(34)31-22-11-6-7-12-24(22)32-14-8-13-27(32)33/h4-7,9-12,15-17H,8,13-14H2,1-3H3,(H,31,34). The number of fused-ring (bicyclic) bond motifs is 1. The molecule has 0 radical (unpaired) electrons. The van der Waals surface area contributed by atoms with E-state index in [2.05, 4.69) is 5.32 Å². The highest BCUT2D eigenvalue weighted by molar-refractivity contribution is 6.14. The third-order valence-corrected chi connectivity index (χ3v) is 6.44. The molecular formula is C29H27N3O5. The minimum atomic E-state index is -0.300. The number of carbonyl (C=O) groups excluding carboxylic acids is 2. The number of carbonyl (C=O) groups is 2. The number of amides is 2. The van der Waals surface area contributed by atoms with Crippen LogP contribution in [0, 0.1) is 0 Å². The Morgan fingerprint density at radius 3 is 2.30 bits per heavy atom. The second-order valence-corrected chi connectivity index (χ2v) is 8.61. The van der Waals surface area contributed by atoms with E-state index in [1.807, 2.05) is 48.5 Å². The van der Waals surface area contributed by atoms with Crippen LogP contribution >= 0.6 is 0 Å². The molecular weight excluding hydrogens is 470 g/mol. The third-order valence-electron chi connectivity index (χ3n) is 6.44. The maximum Gasteiger partial charge on any atom is 0.256 e. The molecule has 0 saturated carbocycles. The molecule has 1 aromatic heterocycles. The number of hydrogen-bond acceptors (Lipinski definition) is 6. The number of benzene rings is 3. The molecule has 0 unspecified atom stereocenters. The van der Waals surface area contributed by atoms with Crippen molar-refractivity contribution in [3.63, 3.8) is 0 Å². The molecule has 188 valence electrons. The van der Waals surface area contributed by atoms with Crippen molar-refractivity contribution in [2.45, 2.75) is 12.8 Å². The van der Waals surface area contributed by atoms with Crippen LogP contribution in [-0.2, 0) is 4.79 Å². The molecule has 1 aliphatic rings. The number of aromatic nitrogens is 1. The first kappa shape index (κ1) is 24.1. The van der Waals surface area contributed by atoms with Crippen LogP contribution in [0.1, 0.15) is 23.2 Å². The molecule has 8 heteroatoms. The fourth-order valence-corrected chi connectivity index (χ4v) is 4.65. The Balaban J connectivity index is 1.59. The van der Waals surface area contributed by atoms with E-state index in [4.69, 9.17) is 19.2 Å². The molecule has 1 aliphatic heterocycles. The van der Waals surface area contributed by atoms with E-state index in [0.717, 1.165) is 6.42 Å².